The molecule has 21 heavy (non-hydrogen) atoms. The second-order valence-corrected chi connectivity index (χ2v) is 6.45. The highest BCUT2D eigenvalue weighted by Crippen LogP contribution is 2.28. The molecule has 0 saturated carbocycles. The standard InChI is InChI=1S/C16H19NO3S/c1-3-11-20-16-12-13(2)9-10-15(16)17-21(18,19)14-7-5-4-6-8-14/h4-10,12,17H,3,11H2,1-2H3. The first kappa shape index (κ1) is 15.4. The van der Waals surface area contributed by atoms with Gasteiger partial charge in [0, 0.05) is 0 Å². The summed E-state index contributed by atoms with van der Waals surface area (Å²) >= 11 is 0. The summed E-state index contributed by atoms with van der Waals surface area (Å²) in [6.45, 7) is 4.49. The maximum absolute atomic E-state index is 12.3. The van der Waals surface area contributed by atoms with Gasteiger partial charge in [0.2, 0.25) is 0 Å². The fraction of sp³-hybridized carbons (Fsp3) is 0.250. The Hall–Kier alpha value is -2.01. The lowest BCUT2D eigenvalue weighted by Crippen LogP contribution is -2.14. The van der Waals surface area contributed by atoms with Crippen molar-refractivity contribution in [1.82, 2.24) is 0 Å². The second kappa shape index (κ2) is 6.63. The van der Waals surface area contributed by atoms with Crippen LogP contribution in [0, 0.1) is 6.92 Å². The van der Waals surface area contributed by atoms with Crippen LogP contribution in [0.2, 0.25) is 0 Å². The molecule has 0 unspecified atom stereocenters. The molecule has 0 bridgehead atoms. The lowest BCUT2D eigenvalue weighted by Gasteiger charge is -2.14. The second-order valence-electron chi connectivity index (χ2n) is 4.77. The van der Waals surface area contributed by atoms with Gasteiger partial charge in [0.25, 0.3) is 10.0 Å². The van der Waals surface area contributed by atoms with Crippen LogP contribution in [0.15, 0.2) is 53.4 Å². The van der Waals surface area contributed by atoms with Crippen LogP contribution in [0.25, 0.3) is 0 Å². The molecular formula is C16H19NO3S. The summed E-state index contributed by atoms with van der Waals surface area (Å²) < 4.78 is 32.9. The van der Waals surface area contributed by atoms with Crippen LogP contribution in [0.4, 0.5) is 5.69 Å². The van der Waals surface area contributed by atoms with Gasteiger partial charge in [-0.25, -0.2) is 8.42 Å². The lowest BCUT2D eigenvalue weighted by atomic mass is 10.2. The van der Waals surface area contributed by atoms with Crippen molar-refractivity contribution in [2.75, 3.05) is 11.3 Å². The van der Waals surface area contributed by atoms with Crippen LogP contribution >= 0.6 is 0 Å². The number of nitrogens with one attached hydrogen (secondary N) is 1. The quantitative estimate of drug-likeness (QED) is 0.887. The average Bonchev–Trinajstić information content (AvgIpc) is 2.48. The van der Waals surface area contributed by atoms with Crippen LogP contribution < -0.4 is 9.46 Å². The van der Waals surface area contributed by atoms with Gasteiger partial charge in [-0.1, -0.05) is 31.2 Å². The molecule has 2 aromatic rings. The molecule has 0 spiro atoms. The number of anilines is 1. The molecule has 0 amide bonds. The van der Waals surface area contributed by atoms with Crippen molar-refractivity contribution in [3.63, 3.8) is 0 Å². The highest BCUT2D eigenvalue weighted by molar-refractivity contribution is 7.92. The van der Waals surface area contributed by atoms with Gasteiger partial charge >= 0.3 is 0 Å². The normalized spacial score (nSPS) is 11.1. The van der Waals surface area contributed by atoms with Crippen molar-refractivity contribution < 1.29 is 13.2 Å². The third kappa shape index (κ3) is 3.98. The molecule has 112 valence electrons. The van der Waals surface area contributed by atoms with Crippen molar-refractivity contribution in [2.45, 2.75) is 25.2 Å². The number of hydrogen-bond donors (Lipinski definition) is 1. The van der Waals surface area contributed by atoms with E-state index in [1.165, 1.54) is 0 Å². The van der Waals surface area contributed by atoms with E-state index in [4.69, 9.17) is 4.74 Å². The molecule has 0 saturated heterocycles. The molecular weight excluding hydrogens is 286 g/mol. The summed E-state index contributed by atoms with van der Waals surface area (Å²) in [5.41, 5.74) is 1.47. The fourth-order valence-corrected chi connectivity index (χ4v) is 2.94. The van der Waals surface area contributed by atoms with E-state index >= 15 is 0 Å². The molecule has 2 rings (SSSR count). The van der Waals surface area contributed by atoms with Crippen LogP contribution in [0.3, 0.4) is 0 Å². The largest absolute Gasteiger partial charge is 0.491 e. The van der Waals surface area contributed by atoms with E-state index in [1.54, 1.807) is 36.4 Å². The summed E-state index contributed by atoms with van der Waals surface area (Å²) in [6, 6.07) is 13.7. The summed E-state index contributed by atoms with van der Waals surface area (Å²) in [7, 11) is -3.60. The Bertz CT molecular complexity index is 697. The van der Waals surface area contributed by atoms with E-state index in [9.17, 15) is 8.42 Å². The van der Waals surface area contributed by atoms with Crippen molar-refractivity contribution in [3.05, 3.63) is 54.1 Å². The average molecular weight is 305 g/mol. The number of rotatable bonds is 6. The van der Waals surface area contributed by atoms with Gasteiger partial charge in [-0.05, 0) is 43.2 Å². The first-order chi connectivity index (χ1) is 10.0. The van der Waals surface area contributed by atoms with Crippen molar-refractivity contribution in [2.24, 2.45) is 0 Å². The van der Waals surface area contributed by atoms with E-state index in [1.807, 2.05) is 26.0 Å². The first-order valence-corrected chi connectivity index (χ1v) is 8.32. The van der Waals surface area contributed by atoms with Gasteiger partial charge in [0.1, 0.15) is 5.75 Å². The maximum Gasteiger partial charge on any atom is 0.262 e. The van der Waals surface area contributed by atoms with Crippen molar-refractivity contribution in [3.8, 4) is 5.75 Å². The summed E-state index contributed by atoms with van der Waals surface area (Å²) in [6.07, 6.45) is 0.860. The summed E-state index contributed by atoms with van der Waals surface area (Å²) in [5.74, 6) is 0.552. The van der Waals surface area contributed by atoms with E-state index in [-0.39, 0.29) is 4.90 Å². The minimum absolute atomic E-state index is 0.229. The number of ether oxygens (including phenoxy) is 1. The summed E-state index contributed by atoms with van der Waals surface area (Å²) in [5, 5.41) is 0. The number of aryl methyl sites for hydroxylation is 1. The number of hydrogen-bond acceptors (Lipinski definition) is 3. The molecule has 0 aliphatic rings. The third-order valence-electron chi connectivity index (χ3n) is 2.90. The van der Waals surface area contributed by atoms with E-state index in [2.05, 4.69) is 4.72 Å². The molecule has 1 N–H and O–H groups in total. The predicted octanol–water partition coefficient (Wildman–Crippen LogP) is 3.58. The monoisotopic (exact) mass is 305 g/mol. The smallest absolute Gasteiger partial charge is 0.262 e. The van der Waals surface area contributed by atoms with Gasteiger partial charge in [-0.2, -0.15) is 0 Å². The van der Waals surface area contributed by atoms with Gasteiger partial charge < -0.3 is 4.74 Å². The van der Waals surface area contributed by atoms with Crippen LogP contribution in [-0.4, -0.2) is 15.0 Å². The Morgan fingerprint density at radius 1 is 1.10 bits per heavy atom. The Morgan fingerprint density at radius 3 is 2.48 bits per heavy atom. The third-order valence-corrected chi connectivity index (χ3v) is 4.28. The minimum atomic E-state index is -3.60. The Balaban J connectivity index is 2.30. The SMILES string of the molecule is CCCOc1cc(C)ccc1NS(=O)(=O)c1ccccc1. The molecule has 2 aromatic carbocycles. The molecule has 0 atom stereocenters. The van der Waals surface area contributed by atoms with Crippen molar-refractivity contribution in [1.29, 1.82) is 0 Å². The van der Waals surface area contributed by atoms with Crippen LogP contribution in [-0.2, 0) is 10.0 Å². The zero-order valence-corrected chi connectivity index (χ0v) is 13.0. The Kier molecular flexibility index (Phi) is 4.85. The number of benzene rings is 2. The van der Waals surface area contributed by atoms with Gasteiger partial charge in [-0.15, -0.1) is 0 Å². The molecule has 0 aromatic heterocycles. The van der Waals surface area contributed by atoms with Gasteiger partial charge in [-0.3, -0.25) is 4.72 Å². The van der Waals surface area contributed by atoms with Crippen LogP contribution in [0.1, 0.15) is 18.9 Å². The topological polar surface area (TPSA) is 55.4 Å². The number of sulfonamides is 1. The van der Waals surface area contributed by atoms with E-state index < -0.39 is 10.0 Å². The predicted molar refractivity (Wildman–Crippen MR) is 84.2 cm³/mol. The molecule has 0 aliphatic heterocycles. The fourth-order valence-electron chi connectivity index (χ4n) is 1.85. The van der Waals surface area contributed by atoms with Gasteiger partial charge in [0.15, 0.2) is 0 Å². The maximum atomic E-state index is 12.3. The van der Waals surface area contributed by atoms with Gasteiger partial charge in [0.05, 0.1) is 17.2 Å². The van der Waals surface area contributed by atoms with E-state index in [0.29, 0.717) is 18.0 Å². The molecule has 5 heteroatoms. The highest BCUT2D eigenvalue weighted by Gasteiger charge is 2.16. The molecule has 0 fully saturated rings. The highest BCUT2D eigenvalue weighted by atomic mass is 32.2. The molecule has 0 heterocycles. The molecule has 4 nitrogen and oxygen atoms in total. The molecule has 0 radical (unpaired) electrons. The Labute approximate surface area is 125 Å². The molecule has 0 aliphatic carbocycles. The zero-order chi connectivity index (χ0) is 15.3. The lowest BCUT2D eigenvalue weighted by molar-refractivity contribution is 0.319. The summed E-state index contributed by atoms with van der Waals surface area (Å²) in [4.78, 5) is 0.229. The van der Waals surface area contributed by atoms with E-state index in [0.717, 1.165) is 12.0 Å². The Morgan fingerprint density at radius 2 is 1.81 bits per heavy atom. The minimum Gasteiger partial charge on any atom is -0.491 e. The first-order valence-electron chi connectivity index (χ1n) is 6.84. The van der Waals surface area contributed by atoms with Crippen molar-refractivity contribution >= 4 is 15.7 Å². The van der Waals surface area contributed by atoms with Crippen LogP contribution in [0.5, 0.6) is 5.75 Å². The zero-order valence-electron chi connectivity index (χ0n) is 12.2.